The number of amides is 3. The Morgan fingerprint density at radius 2 is 1.51 bits per heavy atom. The summed E-state index contributed by atoms with van der Waals surface area (Å²) in [7, 11) is 0. The van der Waals surface area contributed by atoms with Crippen LogP contribution in [-0.4, -0.2) is 66.9 Å². The van der Waals surface area contributed by atoms with Gasteiger partial charge in [0.1, 0.15) is 12.1 Å². The second-order valence-electron chi connectivity index (χ2n) is 10.1. The smallest absolute Gasteiger partial charge is 0.430 e. The molecule has 0 radical (unpaired) electrons. The highest BCUT2D eigenvalue weighted by Gasteiger charge is 2.71. The van der Waals surface area contributed by atoms with Crippen molar-refractivity contribution in [1.29, 1.82) is 0 Å². The van der Waals surface area contributed by atoms with Gasteiger partial charge in [-0.2, -0.15) is 39.5 Å². The number of unbranched alkanes of at least 4 members (excludes halogenated alkanes) is 1. The van der Waals surface area contributed by atoms with Gasteiger partial charge in [0.05, 0.1) is 0 Å². The van der Waals surface area contributed by atoms with Gasteiger partial charge < -0.3 is 24.8 Å². The topological polar surface area (TPSA) is 91.3 Å². The summed E-state index contributed by atoms with van der Waals surface area (Å²) in [5.41, 5.74) is -8.27. The molecule has 2 N–H and O–H groups in total. The number of hydrogen-bond donors (Lipinski definition) is 2. The third kappa shape index (κ3) is 6.12. The van der Waals surface area contributed by atoms with Crippen LogP contribution in [0.15, 0.2) is 42.5 Å². The second-order valence-corrected chi connectivity index (χ2v) is 10.1. The maximum Gasteiger partial charge on any atom is 0.430 e. The van der Waals surface area contributed by atoms with Crippen LogP contribution in [-0.2, 0) is 15.9 Å². The number of nitrogens with one attached hydrogen (secondary N) is 1. The number of rotatable bonds is 9. The average molecular weight is 629 g/mol. The van der Waals surface area contributed by atoms with E-state index < -0.39 is 53.7 Å². The Kier molecular flexibility index (Phi) is 8.19. The Bertz CT molecular complexity index is 1350. The van der Waals surface area contributed by atoms with Crippen LogP contribution in [0.2, 0.25) is 0 Å². The van der Waals surface area contributed by atoms with E-state index >= 15 is 0 Å². The minimum absolute atomic E-state index is 0.0131. The van der Waals surface area contributed by atoms with Crippen LogP contribution in [0.5, 0.6) is 11.5 Å². The number of ether oxygens (including phenoxy) is 2. The van der Waals surface area contributed by atoms with E-state index in [0.717, 1.165) is 4.90 Å². The maximum atomic E-state index is 13.3. The van der Waals surface area contributed by atoms with Gasteiger partial charge in [-0.05, 0) is 49.6 Å². The van der Waals surface area contributed by atoms with Crippen LogP contribution < -0.4 is 19.7 Å². The zero-order valence-corrected chi connectivity index (χ0v) is 22.2. The van der Waals surface area contributed by atoms with Crippen molar-refractivity contribution in [1.82, 2.24) is 10.2 Å². The molecule has 4 rings (SSSR count). The number of aliphatic hydroxyl groups is 1. The quantitative estimate of drug-likeness (QED) is 0.221. The van der Waals surface area contributed by atoms with Crippen LogP contribution in [0.25, 0.3) is 0 Å². The Balaban J connectivity index is 1.43. The van der Waals surface area contributed by atoms with Crippen molar-refractivity contribution in [2.45, 2.75) is 49.4 Å². The summed E-state index contributed by atoms with van der Waals surface area (Å²) in [4.78, 5) is 27.3. The van der Waals surface area contributed by atoms with Gasteiger partial charge in [0, 0.05) is 24.3 Å². The molecule has 1 unspecified atom stereocenters. The lowest BCUT2D eigenvalue weighted by Crippen LogP contribution is -2.53. The Hall–Kier alpha value is -3.89. The predicted molar refractivity (Wildman–Crippen MR) is 130 cm³/mol. The molecule has 43 heavy (non-hydrogen) atoms. The fourth-order valence-corrected chi connectivity index (χ4v) is 4.79. The predicted octanol–water partition coefficient (Wildman–Crippen LogP) is 5.34. The number of hydrogen-bond acceptors (Lipinski definition) is 6. The number of carbonyl (C=O) groups excluding carboxylic acids is 2. The number of alkyl halides is 9. The lowest BCUT2D eigenvalue weighted by molar-refractivity contribution is -0.376. The van der Waals surface area contributed by atoms with Crippen molar-refractivity contribution >= 4 is 17.6 Å². The van der Waals surface area contributed by atoms with E-state index in [-0.39, 0.29) is 50.5 Å². The van der Waals surface area contributed by atoms with Gasteiger partial charge in [-0.3, -0.25) is 9.69 Å². The maximum absolute atomic E-state index is 13.3. The van der Waals surface area contributed by atoms with Crippen molar-refractivity contribution in [3.8, 4) is 11.5 Å². The third-order valence-electron chi connectivity index (χ3n) is 7.13. The van der Waals surface area contributed by atoms with Crippen LogP contribution in [0.1, 0.15) is 30.9 Å². The van der Waals surface area contributed by atoms with Crippen molar-refractivity contribution < 1.29 is 63.7 Å². The molecule has 0 spiro atoms. The van der Waals surface area contributed by atoms with Gasteiger partial charge in [-0.25, -0.2) is 4.79 Å². The monoisotopic (exact) mass is 629 g/mol. The highest BCUT2D eigenvalue weighted by molar-refractivity contribution is 6.07. The summed E-state index contributed by atoms with van der Waals surface area (Å²) in [6.45, 7) is -0.710. The van der Waals surface area contributed by atoms with Crippen LogP contribution in [0, 0.1) is 0 Å². The number of imide groups is 1. The van der Waals surface area contributed by atoms with Gasteiger partial charge in [-0.1, -0.05) is 18.2 Å². The molecule has 2 aliphatic rings. The van der Waals surface area contributed by atoms with Crippen molar-refractivity contribution in [3.63, 3.8) is 0 Å². The number of urea groups is 1. The van der Waals surface area contributed by atoms with E-state index in [1.165, 1.54) is 13.0 Å². The summed E-state index contributed by atoms with van der Waals surface area (Å²) in [6.07, 6.45) is -17.1. The van der Waals surface area contributed by atoms with E-state index in [1.807, 2.05) is 0 Å². The van der Waals surface area contributed by atoms with Gasteiger partial charge in [0.15, 0.2) is 11.5 Å². The van der Waals surface area contributed by atoms with E-state index in [0.29, 0.717) is 34.1 Å². The number of fused-ring (bicyclic) bond motifs is 1. The fourth-order valence-electron chi connectivity index (χ4n) is 4.79. The number of halogens is 9. The molecule has 236 valence electrons. The molecule has 17 heteroatoms. The number of benzene rings is 2. The Morgan fingerprint density at radius 3 is 2.09 bits per heavy atom. The number of anilines is 1. The molecule has 0 aromatic heterocycles. The lowest BCUT2D eigenvalue weighted by Gasteiger charge is -2.33. The molecule has 1 atom stereocenters. The minimum atomic E-state index is -6.16. The molecule has 3 amide bonds. The molecular weight excluding hydrogens is 605 g/mol. The molecule has 0 saturated carbocycles. The molecule has 2 heterocycles. The first kappa shape index (κ1) is 32.0. The SMILES string of the molecule is CC1(c2ccc3c(c2)OCO3)NC(=O)N(CCCCN(CC(F)(F)F)c2ccc(C(O)(C(F)(F)F)C(F)(F)F)cc2)C1=O. The summed E-state index contributed by atoms with van der Waals surface area (Å²) < 4.78 is 129. The summed E-state index contributed by atoms with van der Waals surface area (Å²) >= 11 is 0. The number of nitrogens with zero attached hydrogens (tertiary/aromatic N) is 2. The zero-order valence-electron chi connectivity index (χ0n) is 22.2. The molecular formula is C26H24F9N3O5. The Morgan fingerprint density at radius 1 is 0.907 bits per heavy atom. The van der Waals surface area contributed by atoms with E-state index in [2.05, 4.69) is 5.32 Å². The molecule has 2 aliphatic heterocycles. The van der Waals surface area contributed by atoms with Crippen molar-refractivity contribution in [2.75, 3.05) is 31.3 Å². The van der Waals surface area contributed by atoms with Gasteiger partial charge in [0.2, 0.25) is 6.79 Å². The zero-order chi connectivity index (χ0) is 32.0. The highest BCUT2D eigenvalue weighted by atomic mass is 19.4. The van der Waals surface area contributed by atoms with E-state index in [9.17, 15) is 54.2 Å². The highest BCUT2D eigenvalue weighted by Crippen LogP contribution is 2.50. The molecule has 2 aromatic carbocycles. The van der Waals surface area contributed by atoms with E-state index in [4.69, 9.17) is 9.47 Å². The lowest BCUT2D eigenvalue weighted by atomic mass is 9.91. The first-order valence-electron chi connectivity index (χ1n) is 12.6. The van der Waals surface area contributed by atoms with Crippen LogP contribution >= 0.6 is 0 Å². The molecule has 0 aliphatic carbocycles. The molecule has 8 nitrogen and oxygen atoms in total. The first-order valence-corrected chi connectivity index (χ1v) is 12.6. The molecule has 2 aromatic rings. The molecule has 1 saturated heterocycles. The Labute approximate surface area is 237 Å². The summed E-state index contributed by atoms with van der Waals surface area (Å²) in [5, 5.41) is 12.1. The fraction of sp³-hybridized carbons (Fsp3) is 0.462. The van der Waals surface area contributed by atoms with Gasteiger partial charge in [0.25, 0.3) is 11.5 Å². The van der Waals surface area contributed by atoms with Gasteiger partial charge >= 0.3 is 24.6 Å². The standard InChI is InChI=1S/C26H24F9N3O5/c1-22(16-6-9-18-19(12-16)43-14-42-18)20(39)38(21(40)36-22)11-3-2-10-37(13-23(27,28)29)17-7-4-15(5-8-17)24(41,25(30,31)32)26(33,34)35/h4-9,12,41H,2-3,10-11,13-14H2,1H3,(H,36,40). The average Bonchev–Trinajstić information content (AvgIpc) is 3.45. The second kappa shape index (κ2) is 11.0. The molecule has 0 bridgehead atoms. The van der Waals surface area contributed by atoms with Crippen molar-refractivity contribution in [3.05, 3.63) is 53.6 Å². The normalized spacial score (nSPS) is 19.2. The summed E-state index contributed by atoms with van der Waals surface area (Å²) in [5.74, 6) is 0.204. The van der Waals surface area contributed by atoms with Gasteiger partial charge in [-0.15, -0.1) is 0 Å². The summed E-state index contributed by atoms with van der Waals surface area (Å²) in [6, 6.07) is 5.66. The van der Waals surface area contributed by atoms with E-state index in [1.54, 1.807) is 12.1 Å². The van der Waals surface area contributed by atoms with Crippen molar-refractivity contribution in [2.24, 2.45) is 0 Å². The first-order chi connectivity index (χ1) is 19.8. The van der Waals surface area contributed by atoms with Crippen LogP contribution in [0.4, 0.5) is 50.0 Å². The minimum Gasteiger partial charge on any atom is -0.454 e. The largest absolute Gasteiger partial charge is 0.454 e. The number of carbonyl (C=O) groups is 2. The molecule has 1 fully saturated rings. The van der Waals surface area contributed by atoms with Crippen LogP contribution in [0.3, 0.4) is 0 Å². The third-order valence-corrected chi connectivity index (χ3v) is 7.13.